The van der Waals surface area contributed by atoms with Crippen LogP contribution in [-0.2, 0) is 19.6 Å². The molecule has 0 aromatic heterocycles. The van der Waals surface area contributed by atoms with E-state index in [0.29, 0.717) is 5.02 Å². The van der Waals surface area contributed by atoms with Crippen molar-refractivity contribution in [2.75, 3.05) is 32.1 Å². The quantitative estimate of drug-likeness (QED) is 0.245. The minimum absolute atomic E-state index is 0.0806. The third-order valence-corrected chi connectivity index (χ3v) is 5.88. The zero-order valence-corrected chi connectivity index (χ0v) is 18.6. The standard InChI is InChI=1S/C18H17Cl2N3O7S/c1-22(2)15-6-4-12(8-16(15)23(26)27)31(28,29)21-9-18(25)30-10-17(24)13-5-3-11(19)7-14(13)20/h3-8,21H,9-10H2,1-2H3. The summed E-state index contributed by atoms with van der Waals surface area (Å²) in [5.41, 5.74) is -0.114. The molecule has 13 heteroatoms. The molecule has 0 spiro atoms. The third-order valence-electron chi connectivity index (χ3n) is 3.94. The first-order valence-corrected chi connectivity index (χ1v) is 10.8. The number of esters is 1. The molecule has 166 valence electrons. The van der Waals surface area contributed by atoms with Crippen LogP contribution in [-0.4, -0.2) is 52.3 Å². The lowest BCUT2D eigenvalue weighted by molar-refractivity contribution is -0.384. The van der Waals surface area contributed by atoms with Crippen LogP contribution in [0.1, 0.15) is 10.4 Å². The summed E-state index contributed by atoms with van der Waals surface area (Å²) in [5, 5.41) is 11.6. The molecule has 10 nitrogen and oxygen atoms in total. The van der Waals surface area contributed by atoms with Gasteiger partial charge in [-0.1, -0.05) is 23.2 Å². The van der Waals surface area contributed by atoms with Gasteiger partial charge in [-0.25, -0.2) is 8.42 Å². The second kappa shape index (κ2) is 10.1. The number of carbonyl (C=O) groups excluding carboxylic acids is 2. The number of hydrogen-bond acceptors (Lipinski definition) is 8. The van der Waals surface area contributed by atoms with Gasteiger partial charge < -0.3 is 9.64 Å². The van der Waals surface area contributed by atoms with Crippen molar-refractivity contribution in [2.24, 2.45) is 0 Å². The Morgan fingerprint density at radius 1 is 1.16 bits per heavy atom. The smallest absolute Gasteiger partial charge is 0.321 e. The molecule has 0 radical (unpaired) electrons. The molecule has 0 bridgehead atoms. The number of hydrogen-bond donors (Lipinski definition) is 1. The van der Waals surface area contributed by atoms with Crippen LogP contribution in [0.5, 0.6) is 0 Å². The van der Waals surface area contributed by atoms with Crippen molar-refractivity contribution < 1.29 is 27.7 Å². The van der Waals surface area contributed by atoms with Gasteiger partial charge in [0, 0.05) is 30.7 Å². The highest BCUT2D eigenvalue weighted by Gasteiger charge is 2.23. The Labute approximate surface area is 187 Å². The molecule has 31 heavy (non-hydrogen) atoms. The predicted octanol–water partition coefficient (Wildman–Crippen LogP) is 2.67. The van der Waals surface area contributed by atoms with Crippen LogP contribution in [0.3, 0.4) is 0 Å². The lowest BCUT2D eigenvalue weighted by atomic mass is 10.1. The molecule has 0 unspecified atom stereocenters. The maximum Gasteiger partial charge on any atom is 0.321 e. The number of ether oxygens (including phenoxy) is 1. The maximum absolute atomic E-state index is 12.4. The zero-order chi connectivity index (χ0) is 23.3. The van der Waals surface area contributed by atoms with E-state index < -0.39 is 50.4 Å². The summed E-state index contributed by atoms with van der Waals surface area (Å²) in [5.74, 6) is -1.63. The molecular formula is C18H17Cl2N3O7S. The number of anilines is 1. The minimum Gasteiger partial charge on any atom is -0.456 e. The van der Waals surface area contributed by atoms with E-state index in [9.17, 15) is 28.1 Å². The van der Waals surface area contributed by atoms with Gasteiger partial charge in [0.05, 0.1) is 14.8 Å². The van der Waals surface area contributed by atoms with Crippen LogP contribution in [0.2, 0.25) is 10.0 Å². The summed E-state index contributed by atoms with van der Waals surface area (Å²) in [6, 6.07) is 7.49. The van der Waals surface area contributed by atoms with Crippen LogP contribution in [0, 0.1) is 10.1 Å². The predicted molar refractivity (Wildman–Crippen MR) is 114 cm³/mol. The molecular weight excluding hydrogens is 473 g/mol. The highest BCUT2D eigenvalue weighted by atomic mass is 35.5. The Morgan fingerprint density at radius 3 is 2.42 bits per heavy atom. The normalized spacial score (nSPS) is 11.1. The monoisotopic (exact) mass is 489 g/mol. The summed E-state index contributed by atoms with van der Waals surface area (Å²) in [7, 11) is -1.11. The molecule has 2 aromatic rings. The maximum atomic E-state index is 12.4. The summed E-state index contributed by atoms with van der Waals surface area (Å²) in [6.45, 7) is -1.45. The number of halogens is 2. The van der Waals surface area contributed by atoms with Crippen LogP contribution in [0.15, 0.2) is 41.3 Å². The fourth-order valence-electron chi connectivity index (χ4n) is 2.42. The fourth-order valence-corrected chi connectivity index (χ4v) is 3.92. The topological polar surface area (TPSA) is 136 Å². The first kappa shape index (κ1) is 24.5. The molecule has 0 heterocycles. The molecule has 1 N–H and O–H groups in total. The van der Waals surface area contributed by atoms with E-state index >= 15 is 0 Å². The van der Waals surface area contributed by atoms with Crippen molar-refractivity contribution in [3.63, 3.8) is 0 Å². The first-order valence-electron chi connectivity index (χ1n) is 8.51. The van der Waals surface area contributed by atoms with Crippen molar-refractivity contribution in [2.45, 2.75) is 4.90 Å². The number of benzene rings is 2. The summed E-state index contributed by atoms with van der Waals surface area (Å²) < 4.78 is 31.5. The molecule has 0 saturated carbocycles. The Hall–Kier alpha value is -2.73. The number of nitrogens with one attached hydrogen (secondary N) is 1. The van der Waals surface area contributed by atoms with E-state index in [2.05, 4.69) is 0 Å². The molecule has 0 atom stereocenters. The van der Waals surface area contributed by atoms with Crippen LogP contribution >= 0.6 is 23.2 Å². The molecule has 0 saturated heterocycles. The van der Waals surface area contributed by atoms with Crippen molar-refractivity contribution in [3.8, 4) is 0 Å². The van der Waals surface area contributed by atoms with E-state index in [0.717, 1.165) is 6.07 Å². The van der Waals surface area contributed by atoms with Crippen molar-refractivity contribution in [1.29, 1.82) is 0 Å². The summed E-state index contributed by atoms with van der Waals surface area (Å²) >= 11 is 11.7. The second-order valence-electron chi connectivity index (χ2n) is 6.33. The van der Waals surface area contributed by atoms with E-state index in [1.54, 1.807) is 14.1 Å². The zero-order valence-electron chi connectivity index (χ0n) is 16.3. The number of rotatable bonds is 9. The number of nitro groups is 1. The van der Waals surface area contributed by atoms with Gasteiger partial charge in [-0.15, -0.1) is 0 Å². The van der Waals surface area contributed by atoms with Gasteiger partial charge >= 0.3 is 5.97 Å². The number of carbonyl (C=O) groups is 2. The highest BCUT2D eigenvalue weighted by molar-refractivity contribution is 7.89. The van der Waals surface area contributed by atoms with Gasteiger partial charge in [-0.05, 0) is 30.3 Å². The average Bonchev–Trinajstić information content (AvgIpc) is 2.69. The number of nitro benzene ring substituents is 1. The van der Waals surface area contributed by atoms with E-state index in [-0.39, 0.29) is 16.3 Å². The number of nitrogens with zero attached hydrogens (tertiary/aromatic N) is 2. The molecule has 0 amide bonds. The Morgan fingerprint density at radius 2 is 1.84 bits per heavy atom. The molecule has 0 fully saturated rings. The van der Waals surface area contributed by atoms with Gasteiger partial charge in [-0.2, -0.15) is 4.72 Å². The van der Waals surface area contributed by atoms with Crippen LogP contribution in [0.25, 0.3) is 0 Å². The highest BCUT2D eigenvalue weighted by Crippen LogP contribution is 2.29. The molecule has 2 aromatic carbocycles. The minimum atomic E-state index is -4.25. The Balaban J connectivity index is 2.01. The van der Waals surface area contributed by atoms with E-state index in [1.807, 2.05) is 4.72 Å². The number of sulfonamides is 1. The largest absolute Gasteiger partial charge is 0.456 e. The van der Waals surface area contributed by atoms with Gasteiger partial charge in [0.2, 0.25) is 15.8 Å². The average molecular weight is 490 g/mol. The van der Waals surface area contributed by atoms with Gasteiger partial charge in [-0.3, -0.25) is 19.7 Å². The lowest BCUT2D eigenvalue weighted by Crippen LogP contribution is -2.31. The summed E-state index contributed by atoms with van der Waals surface area (Å²) in [4.78, 5) is 35.5. The van der Waals surface area contributed by atoms with Gasteiger partial charge in [0.25, 0.3) is 5.69 Å². The fraction of sp³-hybridized carbons (Fsp3) is 0.222. The van der Waals surface area contributed by atoms with Crippen LogP contribution in [0.4, 0.5) is 11.4 Å². The molecule has 0 aliphatic rings. The van der Waals surface area contributed by atoms with Crippen molar-refractivity contribution in [1.82, 2.24) is 4.72 Å². The third kappa shape index (κ3) is 6.37. The number of ketones is 1. The number of Topliss-reactive ketones (excluding diaryl/α,β-unsaturated/α-hetero) is 1. The van der Waals surface area contributed by atoms with Gasteiger partial charge in [0.15, 0.2) is 6.61 Å². The first-order chi connectivity index (χ1) is 14.4. The molecule has 2 rings (SSSR count). The van der Waals surface area contributed by atoms with E-state index in [4.69, 9.17) is 27.9 Å². The van der Waals surface area contributed by atoms with Crippen molar-refractivity contribution >= 4 is 56.4 Å². The SMILES string of the molecule is CN(C)c1ccc(S(=O)(=O)NCC(=O)OCC(=O)c2ccc(Cl)cc2Cl)cc1[N+](=O)[O-]. The second-order valence-corrected chi connectivity index (χ2v) is 8.95. The molecule has 0 aliphatic heterocycles. The Bertz CT molecular complexity index is 1140. The van der Waals surface area contributed by atoms with E-state index in [1.165, 1.54) is 35.2 Å². The lowest BCUT2D eigenvalue weighted by Gasteiger charge is -2.13. The summed E-state index contributed by atoms with van der Waals surface area (Å²) in [6.07, 6.45) is 0. The van der Waals surface area contributed by atoms with Gasteiger partial charge in [0.1, 0.15) is 12.2 Å². The Kier molecular flexibility index (Phi) is 7.96. The molecule has 0 aliphatic carbocycles. The van der Waals surface area contributed by atoms with Crippen molar-refractivity contribution in [3.05, 3.63) is 62.1 Å². The van der Waals surface area contributed by atoms with Crippen LogP contribution < -0.4 is 9.62 Å².